The molecule has 0 aliphatic heterocycles. The molecule has 5 heteroatoms. The third-order valence-electron chi connectivity index (χ3n) is 4.49. The predicted octanol–water partition coefficient (Wildman–Crippen LogP) is 2.42. The molecule has 0 radical (unpaired) electrons. The number of nitrogens with one attached hydrogen (secondary N) is 2. The van der Waals surface area contributed by atoms with Crippen LogP contribution >= 0.6 is 0 Å². The smallest absolute Gasteiger partial charge is 0.223 e. The maximum atomic E-state index is 12.2. The van der Waals surface area contributed by atoms with Crippen LogP contribution in [0, 0.1) is 11.8 Å². The van der Waals surface area contributed by atoms with Gasteiger partial charge >= 0.3 is 0 Å². The molecule has 1 aromatic rings. The van der Waals surface area contributed by atoms with Gasteiger partial charge in [0.1, 0.15) is 0 Å². The van der Waals surface area contributed by atoms with Gasteiger partial charge < -0.3 is 10.6 Å². The van der Waals surface area contributed by atoms with Crippen LogP contribution in [0.5, 0.6) is 0 Å². The van der Waals surface area contributed by atoms with Crippen LogP contribution in [0.2, 0.25) is 0 Å². The monoisotopic (exact) mass is 317 g/mol. The highest BCUT2D eigenvalue weighted by molar-refractivity contribution is 5.81. The molecule has 2 N–H and O–H groups in total. The Morgan fingerprint density at radius 3 is 2.35 bits per heavy atom. The number of nitrogens with zero attached hydrogens (tertiary/aromatic N) is 1. The van der Waals surface area contributed by atoms with Gasteiger partial charge in [0.05, 0.1) is 0 Å². The van der Waals surface area contributed by atoms with E-state index in [-0.39, 0.29) is 23.7 Å². The van der Waals surface area contributed by atoms with Crippen LogP contribution in [-0.4, -0.2) is 23.3 Å². The Balaban J connectivity index is 1.69. The van der Waals surface area contributed by atoms with E-state index in [1.54, 1.807) is 12.4 Å². The van der Waals surface area contributed by atoms with E-state index in [4.69, 9.17) is 0 Å². The molecule has 0 spiro atoms. The van der Waals surface area contributed by atoms with Crippen LogP contribution in [0.25, 0.3) is 0 Å². The highest BCUT2D eigenvalue weighted by Gasteiger charge is 2.29. The first-order valence-electron chi connectivity index (χ1n) is 8.65. The molecule has 1 fully saturated rings. The molecule has 2 amide bonds. The van der Waals surface area contributed by atoms with Gasteiger partial charge in [-0.2, -0.15) is 0 Å². The largest absolute Gasteiger partial charge is 0.356 e. The third-order valence-corrected chi connectivity index (χ3v) is 4.49. The summed E-state index contributed by atoms with van der Waals surface area (Å²) in [5.41, 5.74) is 1.00. The lowest BCUT2D eigenvalue weighted by Crippen LogP contribution is -2.37. The fourth-order valence-electron chi connectivity index (χ4n) is 2.99. The van der Waals surface area contributed by atoms with E-state index >= 15 is 0 Å². The Morgan fingerprint density at radius 2 is 1.78 bits per heavy atom. The Hall–Kier alpha value is -1.91. The van der Waals surface area contributed by atoms with Crippen molar-refractivity contribution in [3.63, 3.8) is 0 Å². The summed E-state index contributed by atoms with van der Waals surface area (Å²) in [6, 6.07) is 3.81. The van der Waals surface area contributed by atoms with Gasteiger partial charge in [0.15, 0.2) is 0 Å². The highest BCUT2D eigenvalue weighted by atomic mass is 16.2. The van der Waals surface area contributed by atoms with Crippen molar-refractivity contribution in [2.75, 3.05) is 6.54 Å². The minimum absolute atomic E-state index is 0.0337. The summed E-state index contributed by atoms with van der Waals surface area (Å²) in [7, 11) is 0. The van der Waals surface area contributed by atoms with Crippen molar-refractivity contribution >= 4 is 11.8 Å². The number of amides is 2. The molecule has 1 heterocycles. The summed E-state index contributed by atoms with van der Waals surface area (Å²) in [6.07, 6.45) is 8.80. The normalized spacial score (nSPS) is 20.7. The quantitative estimate of drug-likeness (QED) is 0.759. The van der Waals surface area contributed by atoms with Gasteiger partial charge in [-0.25, -0.2) is 0 Å². The van der Waals surface area contributed by atoms with E-state index in [1.807, 2.05) is 12.1 Å². The minimum atomic E-state index is 0.0337. The summed E-state index contributed by atoms with van der Waals surface area (Å²) < 4.78 is 0. The molecule has 1 aliphatic rings. The number of hydrogen-bond donors (Lipinski definition) is 2. The van der Waals surface area contributed by atoms with Gasteiger partial charge in [0.25, 0.3) is 0 Å². The number of aromatic nitrogens is 1. The Kier molecular flexibility index (Phi) is 7.04. The standard InChI is InChI=1S/C18H27N3O2/c1-2-3-11-20-17(22)15-6-8-16(9-7-15)18(23)21-13-14-5-4-10-19-12-14/h4-5,10,12,15-16H,2-3,6-9,11,13H2,1H3,(H,20,22)(H,21,23). The van der Waals surface area contributed by atoms with Crippen LogP contribution < -0.4 is 10.6 Å². The first kappa shape index (κ1) is 17.4. The molecule has 126 valence electrons. The predicted molar refractivity (Wildman–Crippen MR) is 89.4 cm³/mol. The molecule has 1 aromatic heterocycles. The second kappa shape index (κ2) is 9.28. The fourth-order valence-corrected chi connectivity index (χ4v) is 2.99. The number of rotatable bonds is 7. The summed E-state index contributed by atoms with van der Waals surface area (Å²) in [5, 5.41) is 5.97. The van der Waals surface area contributed by atoms with Gasteiger partial charge in [0.2, 0.25) is 11.8 Å². The van der Waals surface area contributed by atoms with Crippen molar-refractivity contribution in [2.45, 2.75) is 52.0 Å². The molecule has 0 aromatic carbocycles. The molecule has 0 bridgehead atoms. The molecule has 0 atom stereocenters. The lowest BCUT2D eigenvalue weighted by atomic mass is 9.81. The summed E-state index contributed by atoms with van der Waals surface area (Å²) in [4.78, 5) is 28.3. The first-order chi connectivity index (χ1) is 11.2. The Bertz CT molecular complexity index is 496. The van der Waals surface area contributed by atoms with Crippen LogP contribution in [0.4, 0.5) is 0 Å². The van der Waals surface area contributed by atoms with Gasteiger partial charge in [-0.1, -0.05) is 19.4 Å². The number of unbranched alkanes of at least 4 members (excludes halogenated alkanes) is 1. The average Bonchev–Trinajstić information content (AvgIpc) is 2.61. The average molecular weight is 317 g/mol. The van der Waals surface area contributed by atoms with Crippen molar-refractivity contribution < 1.29 is 9.59 Å². The SMILES string of the molecule is CCCCNC(=O)C1CCC(C(=O)NCc2cccnc2)CC1. The van der Waals surface area contributed by atoms with Gasteiger partial charge in [-0.05, 0) is 43.7 Å². The van der Waals surface area contributed by atoms with Gasteiger partial charge in [0, 0.05) is 37.3 Å². The second-order valence-corrected chi connectivity index (χ2v) is 6.27. The zero-order valence-electron chi connectivity index (χ0n) is 13.9. The maximum Gasteiger partial charge on any atom is 0.223 e. The van der Waals surface area contributed by atoms with Crippen molar-refractivity contribution in [1.82, 2.24) is 15.6 Å². The molecule has 2 rings (SSSR count). The van der Waals surface area contributed by atoms with Crippen LogP contribution in [0.3, 0.4) is 0 Å². The van der Waals surface area contributed by atoms with Gasteiger partial charge in [-0.15, -0.1) is 0 Å². The van der Waals surface area contributed by atoms with E-state index < -0.39 is 0 Å². The lowest BCUT2D eigenvalue weighted by molar-refractivity contribution is -0.130. The second-order valence-electron chi connectivity index (χ2n) is 6.27. The maximum absolute atomic E-state index is 12.2. The third kappa shape index (κ3) is 5.66. The molecule has 1 aliphatic carbocycles. The summed E-state index contributed by atoms with van der Waals surface area (Å²) in [5.74, 6) is 0.368. The molecule has 0 saturated heterocycles. The van der Waals surface area contributed by atoms with Crippen LogP contribution in [-0.2, 0) is 16.1 Å². The number of pyridine rings is 1. The number of carbonyl (C=O) groups is 2. The minimum Gasteiger partial charge on any atom is -0.356 e. The molecular weight excluding hydrogens is 290 g/mol. The number of hydrogen-bond acceptors (Lipinski definition) is 3. The molecule has 0 unspecified atom stereocenters. The Labute approximate surface area is 138 Å². The lowest BCUT2D eigenvalue weighted by Gasteiger charge is -2.27. The van der Waals surface area contributed by atoms with Crippen molar-refractivity contribution in [1.29, 1.82) is 0 Å². The van der Waals surface area contributed by atoms with Crippen LogP contribution in [0.15, 0.2) is 24.5 Å². The van der Waals surface area contributed by atoms with Gasteiger partial charge in [-0.3, -0.25) is 14.6 Å². The topological polar surface area (TPSA) is 71.1 Å². The van der Waals surface area contributed by atoms with Crippen LogP contribution in [0.1, 0.15) is 51.0 Å². The van der Waals surface area contributed by atoms with Crippen molar-refractivity contribution in [3.8, 4) is 0 Å². The van der Waals surface area contributed by atoms with E-state index in [1.165, 1.54) is 0 Å². The molecule has 5 nitrogen and oxygen atoms in total. The molecule has 23 heavy (non-hydrogen) atoms. The number of carbonyl (C=O) groups excluding carboxylic acids is 2. The highest BCUT2D eigenvalue weighted by Crippen LogP contribution is 2.29. The van der Waals surface area contributed by atoms with E-state index in [2.05, 4.69) is 22.5 Å². The fraction of sp³-hybridized carbons (Fsp3) is 0.611. The van der Waals surface area contributed by atoms with E-state index in [0.29, 0.717) is 6.54 Å². The zero-order chi connectivity index (χ0) is 16.5. The molecular formula is C18H27N3O2. The van der Waals surface area contributed by atoms with E-state index in [0.717, 1.165) is 50.6 Å². The first-order valence-corrected chi connectivity index (χ1v) is 8.65. The van der Waals surface area contributed by atoms with E-state index in [9.17, 15) is 9.59 Å². The Morgan fingerprint density at radius 1 is 1.13 bits per heavy atom. The summed E-state index contributed by atoms with van der Waals surface area (Å²) in [6.45, 7) is 3.40. The van der Waals surface area contributed by atoms with Crippen molar-refractivity contribution in [2.24, 2.45) is 11.8 Å². The zero-order valence-corrected chi connectivity index (χ0v) is 13.9. The summed E-state index contributed by atoms with van der Waals surface area (Å²) >= 11 is 0. The molecule has 1 saturated carbocycles. The van der Waals surface area contributed by atoms with Crippen molar-refractivity contribution in [3.05, 3.63) is 30.1 Å².